The van der Waals surface area contributed by atoms with Crippen LogP contribution in [0.1, 0.15) is 0 Å². The van der Waals surface area contributed by atoms with Crippen LogP contribution in [0.5, 0.6) is 0 Å². The smallest absolute Gasteiger partial charge is 0.0850 e. The lowest BCUT2D eigenvalue weighted by molar-refractivity contribution is 1.35. The Morgan fingerprint density at radius 2 is 2.00 bits per heavy atom. The van der Waals surface area contributed by atoms with Gasteiger partial charge in [-0.15, -0.1) is 0 Å². The van der Waals surface area contributed by atoms with Crippen molar-refractivity contribution in [3.63, 3.8) is 0 Å². The Kier molecular flexibility index (Phi) is 1.98. The fraction of sp³-hybridized carbons (Fsp3) is 0. The number of benzene rings is 1. The molecule has 2 aromatic rings. The summed E-state index contributed by atoms with van der Waals surface area (Å²) in [6, 6.07) is 9.94. The molecule has 0 bridgehead atoms. The third kappa shape index (κ3) is 1.17. The number of pyridine rings is 1. The van der Waals surface area contributed by atoms with Crippen LogP contribution in [0.25, 0.3) is 10.9 Å². The zero-order valence-electron chi connectivity index (χ0n) is 6.40. The fourth-order valence-corrected chi connectivity index (χ4v) is 1.61. The van der Waals surface area contributed by atoms with Crippen LogP contribution < -0.4 is 5.14 Å². The lowest BCUT2D eigenvalue weighted by atomic mass is 10.2. The average Bonchev–Trinajstić information content (AvgIpc) is 2.17. The van der Waals surface area contributed by atoms with Crippen molar-refractivity contribution in [2.24, 2.45) is 5.14 Å². The Morgan fingerprint density at radius 1 is 1.17 bits per heavy atom. The predicted molar refractivity (Wildman–Crippen MR) is 51.8 cm³/mol. The fourth-order valence-electron chi connectivity index (χ4n) is 1.17. The molecule has 0 atom stereocenters. The molecule has 2 N–H and O–H groups in total. The van der Waals surface area contributed by atoms with E-state index in [1.54, 1.807) is 6.20 Å². The van der Waals surface area contributed by atoms with Crippen LogP contribution in [0.3, 0.4) is 0 Å². The van der Waals surface area contributed by atoms with Crippen molar-refractivity contribution in [3.05, 3.63) is 36.5 Å². The molecule has 0 aliphatic rings. The van der Waals surface area contributed by atoms with Gasteiger partial charge in [0.1, 0.15) is 0 Å². The van der Waals surface area contributed by atoms with Gasteiger partial charge in [-0.1, -0.05) is 18.2 Å². The molecule has 0 amide bonds. The van der Waals surface area contributed by atoms with E-state index in [9.17, 15) is 0 Å². The van der Waals surface area contributed by atoms with Crippen LogP contribution in [0.4, 0.5) is 0 Å². The molecule has 1 aromatic heterocycles. The van der Waals surface area contributed by atoms with Crippen molar-refractivity contribution in [2.45, 2.75) is 4.90 Å². The minimum Gasteiger partial charge on any atom is -0.274 e. The Morgan fingerprint density at radius 3 is 2.83 bits per heavy atom. The molecule has 0 spiro atoms. The molecule has 0 aliphatic heterocycles. The van der Waals surface area contributed by atoms with E-state index in [0.717, 1.165) is 15.8 Å². The molecule has 2 nitrogen and oxygen atoms in total. The number of para-hydroxylation sites is 1. The van der Waals surface area contributed by atoms with Gasteiger partial charge in [0.25, 0.3) is 0 Å². The second-order valence-electron chi connectivity index (χ2n) is 2.45. The van der Waals surface area contributed by atoms with E-state index >= 15 is 0 Å². The van der Waals surface area contributed by atoms with Crippen molar-refractivity contribution in [3.8, 4) is 0 Å². The summed E-state index contributed by atoms with van der Waals surface area (Å²) in [7, 11) is 0. The topological polar surface area (TPSA) is 38.9 Å². The van der Waals surface area contributed by atoms with Gasteiger partial charge < -0.3 is 0 Å². The van der Waals surface area contributed by atoms with E-state index in [1.807, 2.05) is 30.3 Å². The maximum Gasteiger partial charge on any atom is 0.0850 e. The monoisotopic (exact) mass is 176 g/mol. The summed E-state index contributed by atoms with van der Waals surface area (Å²) in [5, 5.41) is 6.62. The highest BCUT2D eigenvalue weighted by molar-refractivity contribution is 7.97. The van der Waals surface area contributed by atoms with Crippen LogP contribution >= 0.6 is 11.9 Å². The highest BCUT2D eigenvalue weighted by Crippen LogP contribution is 2.21. The average molecular weight is 176 g/mol. The quantitative estimate of drug-likeness (QED) is 0.677. The molecule has 12 heavy (non-hydrogen) atoms. The zero-order chi connectivity index (χ0) is 8.39. The van der Waals surface area contributed by atoms with Crippen molar-refractivity contribution in [2.75, 3.05) is 0 Å². The summed E-state index contributed by atoms with van der Waals surface area (Å²) in [6.45, 7) is 0. The van der Waals surface area contributed by atoms with Crippen molar-refractivity contribution in [1.82, 2.24) is 4.98 Å². The van der Waals surface area contributed by atoms with E-state index in [0.29, 0.717) is 0 Å². The minimum absolute atomic E-state index is 0.979. The third-order valence-corrected chi connectivity index (χ3v) is 2.31. The molecule has 0 radical (unpaired) electrons. The van der Waals surface area contributed by atoms with Gasteiger partial charge in [0.05, 0.1) is 5.52 Å². The molecular weight excluding hydrogens is 168 g/mol. The van der Waals surface area contributed by atoms with Gasteiger partial charge in [0.15, 0.2) is 0 Å². The second kappa shape index (κ2) is 3.13. The Labute approximate surface area is 74.9 Å². The van der Waals surface area contributed by atoms with Crippen LogP contribution in [0.15, 0.2) is 41.4 Å². The highest BCUT2D eigenvalue weighted by atomic mass is 32.2. The number of hydrogen-bond donors (Lipinski definition) is 1. The first-order valence-electron chi connectivity index (χ1n) is 3.62. The second-order valence-corrected chi connectivity index (χ2v) is 3.12. The SMILES string of the molecule is NSc1cccc2cccnc12. The summed E-state index contributed by atoms with van der Waals surface area (Å²) in [6.07, 6.45) is 1.78. The lowest BCUT2D eigenvalue weighted by Gasteiger charge is -2.00. The number of nitrogens with two attached hydrogens (primary N) is 1. The normalized spacial score (nSPS) is 10.4. The van der Waals surface area contributed by atoms with E-state index in [4.69, 9.17) is 5.14 Å². The first-order valence-corrected chi connectivity index (χ1v) is 4.50. The van der Waals surface area contributed by atoms with Gasteiger partial charge in [-0.05, 0) is 24.1 Å². The number of nitrogens with zero attached hydrogens (tertiary/aromatic N) is 1. The van der Waals surface area contributed by atoms with Gasteiger partial charge in [0, 0.05) is 16.5 Å². The summed E-state index contributed by atoms with van der Waals surface area (Å²) in [4.78, 5) is 5.27. The van der Waals surface area contributed by atoms with Gasteiger partial charge in [-0.3, -0.25) is 10.1 Å². The van der Waals surface area contributed by atoms with Crippen LogP contribution in [0, 0.1) is 0 Å². The summed E-state index contributed by atoms with van der Waals surface area (Å²) >= 11 is 1.24. The van der Waals surface area contributed by atoms with Crippen molar-refractivity contribution >= 4 is 22.9 Å². The molecule has 1 heterocycles. The van der Waals surface area contributed by atoms with Gasteiger partial charge >= 0.3 is 0 Å². The van der Waals surface area contributed by atoms with E-state index in [-0.39, 0.29) is 0 Å². The Balaban J connectivity index is 2.79. The molecular formula is C9H8N2S. The van der Waals surface area contributed by atoms with Crippen LogP contribution in [0.2, 0.25) is 0 Å². The zero-order valence-corrected chi connectivity index (χ0v) is 7.21. The molecule has 60 valence electrons. The predicted octanol–water partition coefficient (Wildman–Crippen LogP) is 2.20. The molecule has 0 unspecified atom stereocenters. The highest BCUT2D eigenvalue weighted by Gasteiger charge is 1.98. The Bertz CT molecular complexity index is 395. The van der Waals surface area contributed by atoms with E-state index in [2.05, 4.69) is 4.98 Å². The third-order valence-electron chi connectivity index (χ3n) is 1.72. The first-order chi connectivity index (χ1) is 5.92. The number of hydrogen-bond acceptors (Lipinski definition) is 3. The number of rotatable bonds is 1. The molecule has 1 aromatic carbocycles. The summed E-state index contributed by atoms with van der Waals surface area (Å²) in [5.74, 6) is 0. The van der Waals surface area contributed by atoms with Crippen molar-refractivity contribution in [1.29, 1.82) is 0 Å². The van der Waals surface area contributed by atoms with Crippen LogP contribution in [-0.2, 0) is 0 Å². The largest absolute Gasteiger partial charge is 0.274 e. The van der Waals surface area contributed by atoms with Gasteiger partial charge in [0.2, 0.25) is 0 Å². The van der Waals surface area contributed by atoms with Gasteiger partial charge in [-0.2, -0.15) is 0 Å². The molecule has 0 aliphatic carbocycles. The van der Waals surface area contributed by atoms with E-state index < -0.39 is 0 Å². The van der Waals surface area contributed by atoms with Gasteiger partial charge in [-0.25, -0.2) is 0 Å². The minimum atomic E-state index is 0.979. The maximum atomic E-state index is 5.49. The molecule has 0 fully saturated rings. The molecule has 0 saturated heterocycles. The van der Waals surface area contributed by atoms with Crippen molar-refractivity contribution < 1.29 is 0 Å². The summed E-state index contributed by atoms with van der Waals surface area (Å²) < 4.78 is 0. The number of fused-ring (bicyclic) bond motifs is 1. The lowest BCUT2D eigenvalue weighted by Crippen LogP contribution is -1.84. The Hall–Kier alpha value is -1.06. The van der Waals surface area contributed by atoms with E-state index in [1.165, 1.54) is 11.9 Å². The standard InChI is InChI=1S/C9H8N2S/c10-12-8-5-1-3-7-4-2-6-11-9(7)8/h1-6H,10H2. The maximum absolute atomic E-state index is 5.49. The molecule has 3 heteroatoms. The molecule has 0 saturated carbocycles. The first kappa shape index (κ1) is 7.58. The number of aromatic nitrogens is 1. The summed E-state index contributed by atoms with van der Waals surface area (Å²) in [5.41, 5.74) is 0.979. The van der Waals surface area contributed by atoms with Crippen LogP contribution in [-0.4, -0.2) is 4.98 Å². The molecule has 2 rings (SSSR count).